The molecule has 9 N–H and O–H groups in total. The summed E-state index contributed by atoms with van der Waals surface area (Å²) < 4.78 is 27.3. The maximum Gasteiger partial charge on any atom is 0.408 e. The van der Waals surface area contributed by atoms with Gasteiger partial charge in [0, 0.05) is 70.7 Å². The lowest BCUT2D eigenvalue weighted by Gasteiger charge is -2.23. The van der Waals surface area contributed by atoms with Crippen molar-refractivity contribution in [3.05, 3.63) is 410 Å². The van der Waals surface area contributed by atoms with Gasteiger partial charge in [-0.05, 0) is 173 Å². The van der Waals surface area contributed by atoms with E-state index in [4.69, 9.17) is 62.8 Å². The Balaban J connectivity index is 0.000000194. The molecule has 9 aromatic heterocycles. The third kappa shape index (κ3) is 35.5. The normalized spacial score (nSPS) is 11.7. The van der Waals surface area contributed by atoms with E-state index in [1.54, 1.807) is 165 Å². The smallest absolute Gasteiger partial charge is 0.408 e. The number of nitrogens with two attached hydrogens (primary N) is 3. The Labute approximate surface area is 864 Å². The lowest BCUT2D eigenvalue weighted by molar-refractivity contribution is -0.385. The number of benzene rings is 7. The number of ether oxygens (including phenoxy) is 1. The van der Waals surface area contributed by atoms with Crippen LogP contribution in [0.3, 0.4) is 0 Å². The number of carbonyl (C=O) groups is 5. The number of nitrogens with zero attached hydrogens (tertiary/aromatic N) is 9. The van der Waals surface area contributed by atoms with Gasteiger partial charge in [-0.1, -0.05) is 154 Å². The largest absolute Gasteiger partial charge is 0.444 e. The van der Waals surface area contributed by atoms with Crippen molar-refractivity contribution in [3.8, 4) is 43.1 Å². The van der Waals surface area contributed by atoms with E-state index in [0.717, 1.165) is 52.9 Å². The molecule has 7 aromatic carbocycles. The number of thiophene rings is 5. The summed E-state index contributed by atoms with van der Waals surface area (Å²) in [5.41, 5.74) is 24.9. The molecule has 5 atom stereocenters. The summed E-state index contributed by atoms with van der Waals surface area (Å²) in [5.74, 6) is 1.13. The zero-order valence-corrected chi connectivity index (χ0v) is 85.2. The molecular formula is C96H88Br3Cl2N15O20S5. The second-order valence-electron chi connectivity index (χ2n) is 31.1. The predicted octanol–water partition coefficient (Wildman–Crippen LogP) is 23.3. The van der Waals surface area contributed by atoms with Crippen LogP contribution in [0.15, 0.2) is 300 Å². The molecule has 0 aliphatic carbocycles. The van der Waals surface area contributed by atoms with Crippen molar-refractivity contribution in [3.63, 3.8) is 0 Å². The van der Waals surface area contributed by atoms with Crippen LogP contribution in [0.5, 0.6) is 0 Å². The Bertz CT molecular complexity index is 6410. The van der Waals surface area contributed by atoms with Crippen molar-refractivity contribution < 1.29 is 71.0 Å². The molecule has 0 unspecified atom stereocenters. The maximum absolute atomic E-state index is 12.8. The molecule has 0 saturated heterocycles. The fourth-order valence-corrected chi connectivity index (χ4v) is 16.9. The van der Waals surface area contributed by atoms with Crippen molar-refractivity contribution in [2.24, 2.45) is 17.2 Å². The molecular weight excluding hydrogens is 2150 g/mol. The number of non-ortho nitro benzene ring substituents is 5. The van der Waals surface area contributed by atoms with Crippen LogP contribution in [-0.2, 0) is 64.1 Å². The number of halogens is 5. The monoisotopic (exact) mass is 2240 g/mol. The zero-order valence-electron chi connectivity index (χ0n) is 74.6. The highest BCUT2D eigenvalue weighted by Crippen LogP contribution is 2.34. The van der Waals surface area contributed by atoms with E-state index >= 15 is 0 Å². The molecule has 141 heavy (non-hydrogen) atoms. The molecule has 0 radical (unpaired) electrons. The summed E-state index contributed by atoms with van der Waals surface area (Å²) in [6.45, 7) is 5.18. The van der Waals surface area contributed by atoms with Gasteiger partial charge in [-0.3, -0.25) is 69.7 Å². The van der Waals surface area contributed by atoms with Gasteiger partial charge in [0.2, 0.25) is 35.4 Å². The third-order valence-electron chi connectivity index (χ3n) is 19.6. The number of nitro benzene ring substituents is 5. The third-order valence-corrected chi connectivity index (χ3v) is 24.9. The number of hydrogen-bond donors (Lipinski definition) is 6. The SMILES string of the molecule is Br.Br.CC(C)(C)OC(=O)N[C@@H](Cc1ccc([N+](=O)[O-])cc1)C(=O)CBr.NC(=O)c1cccs1.N[C@@H](Cc1ccc([N+](=O)[O-])cc1)c1coc(-c2cccs2)n1.N[C@@H](Cc1ccc([N+](=O)[O-])cc1)c1coc(-c2cccs2)n1.O=C(Cc1cccc(Cl)c1)N[C@@H](Cc1ccc([N+](=O)[O-])cc1)c1coc(-c2cccs2)n1.O=C(Cc1cccc(Cl)c1)N[C@@H](Cc1ccc([N+](=O)[O-])cc1)c1coc(-c2cccs2)n1. The van der Waals surface area contributed by atoms with E-state index in [9.17, 15) is 74.5 Å². The van der Waals surface area contributed by atoms with Gasteiger partial charge in [-0.2, -0.15) is 0 Å². The molecule has 0 bridgehead atoms. The lowest BCUT2D eigenvalue weighted by Crippen LogP contribution is -2.45. The van der Waals surface area contributed by atoms with Crippen LogP contribution >= 0.6 is 130 Å². The van der Waals surface area contributed by atoms with Gasteiger partial charge in [0.1, 0.15) is 42.0 Å². The molecule has 732 valence electrons. The van der Waals surface area contributed by atoms with E-state index < -0.39 is 54.4 Å². The first-order valence-corrected chi connectivity index (χ1v) is 48.1. The topological polar surface area (TPSA) is 529 Å². The number of carbonyl (C=O) groups excluding carboxylic acids is 5. The molecule has 0 spiro atoms. The number of Topliss-reactive ketones (excluding diaryl/α,β-unsaturated/α-hetero) is 1. The van der Waals surface area contributed by atoms with E-state index in [-0.39, 0.29) is 123 Å². The van der Waals surface area contributed by atoms with Crippen molar-refractivity contribution in [1.82, 2.24) is 35.9 Å². The van der Waals surface area contributed by atoms with Crippen LogP contribution in [-0.4, -0.2) is 91.1 Å². The Morgan fingerprint density at radius 2 is 0.688 bits per heavy atom. The summed E-state index contributed by atoms with van der Waals surface area (Å²) in [6, 6.07) is 61.8. The van der Waals surface area contributed by atoms with E-state index in [2.05, 4.69) is 51.8 Å². The van der Waals surface area contributed by atoms with E-state index in [1.807, 2.05) is 87.6 Å². The average molecular weight is 2240 g/mol. The van der Waals surface area contributed by atoms with Gasteiger partial charge in [0.25, 0.3) is 34.3 Å². The van der Waals surface area contributed by atoms with Gasteiger partial charge >= 0.3 is 6.09 Å². The van der Waals surface area contributed by atoms with E-state index in [1.165, 1.54) is 107 Å². The lowest BCUT2D eigenvalue weighted by atomic mass is 10.0. The molecule has 35 nitrogen and oxygen atoms in total. The Morgan fingerprint density at radius 1 is 0.397 bits per heavy atom. The molecule has 16 aromatic rings. The molecule has 0 fully saturated rings. The molecule has 16 rings (SSSR count). The number of hydrogen-bond acceptors (Lipinski definition) is 31. The van der Waals surface area contributed by atoms with Crippen LogP contribution < -0.4 is 33.2 Å². The molecule has 4 amide bonds. The van der Waals surface area contributed by atoms with Crippen molar-refractivity contribution >= 4 is 188 Å². The van der Waals surface area contributed by atoms with E-state index in [0.29, 0.717) is 92.5 Å². The van der Waals surface area contributed by atoms with Gasteiger partial charge in [-0.25, -0.2) is 24.7 Å². The number of alkyl carbamates (subject to hydrolysis) is 1. The van der Waals surface area contributed by atoms with Crippen LogP contribution in [0.1, 0.15) is 116 Å². The number of nitrogens with one attached hydrogen (secondary N) is 3. The number of nitro groups is 5. The molecule has 9 heterocycles. The minimum absolute atomic E-state index is 0. The standard InChI is InChI=1S/2C23H18ClN3O4S.C15H19BrN2O5.2C15H13N3O3S.C5H5NOS.2BrH/c2*24-17-4-1-3-16(11-17)13-22(28)25-19(12-15-6-8-18(9-7-15)27(29)30)20-14-31-23(26-20)21-5-2-10-32-21;1-15(2,3)23-14(20)17-12(13(19)9-16)8-10-4-6-11(7-5-10)18(21)22;2*16-12(8-10-3-5-11(6-4-10)18(19)20)13-9-21-15(17-13)14-2-1-7-22-14;6-5(7)4-2-1-3-8-4;;/h2*1-11,14,19H,12-13H2,(H,25,28);4-7,12H,8-9H2,1-3H3,(H,17,20);2*1-7,9,12H,8,16H2;1-3H,(H2,6,7);2*1H/t2*19-;3*12-;;;/m00000.../s1. The predicted molar refractivity (Wildman–Crippen MR) is 555 cm³/mol. The number of ketones is 1. The Hall–Kier alpha value is -13.8. The van der Waals surface area contributed by atoms with Gasteiger partial charge in [0.05, 0.1) is 109 Å². The highest BCUT2D eigenvalue weighted by atomic mass is 79.9. The van der Waals surface area contributed by atoms with Crippen LogP contribution in [0.4, 0.5) is 33.2 Å². The van der Waals surface area contributed by atoms with Gasteiger partial charge in [0.15, 0.2) is 5.78 Å². The Kier molecular flexibility index (Phi) is 43.0. The van der Waals surface area contributed by atoms with Crippen molar-refractivity contribution in [1.29, 1.82) is 0 Å². The molecule has 45 heteroatoms. The summed E-state index contributed by atoms with van der Waals surface area (Å²) in [5, 5.41) is 73.1. The average Bonchev–Trinajstić information content (AvgIpc) is 1.77. The Morgan fingerprint density at radius 3 is 0.950 bits per heavy atom. The first-order valence-electron chi connectivity index (χ1n) is 41.8. The maximum atomic E-state index is 12.8. The van der Waals surface area contributed by atoms with Crippen molar-refractivity contribution in [2.75, 3.05) is 5.33 Å². The zero-order chi connectivity index (χ0) is 99.7. The summed E-state index contributed by atoms with van der Waals surface area (Å²) >= 11 is 22.6. The number of primary amides is 1. The number of rotatable bonds is 33. The van der Waals surface area contributed by atoms with Gasteiger partial charge in [-0.15, -0.1) is 90.6 Å². The molecule has 0 aliphatic rings. The number of alkyl halides is 1. The van der Waals surface area contributed by atoms with Crippen LogP contribution in [0.25, 0.3) is 43.1 Å². The quantitative estimate of drug-likeness (QED) is 0.0126. The minimum atomic E-state index is -0.773. The molecule has 0 saturated carbocycles. The number of amides is 4. The highest BCUT2D eigenvalue weighted by Gasteiger charge is 2.28. The second kappa shape index (κ2) is 54.7. The molecule has 0 aliphatic heterocycles. The first kappa shape index (κ1) is 111. The fourth-order valence-electron chi connectivity index (χ4n) is 12.9. The number of aromatic nitrogens is 4. The first-order chi connectivity index (χ1) is 66.6. The summed E-state index contributed by atoms with van der Waals surface area (Å²) in [4.78, 5) is 133. The van der Waals surface area contributed by atoms with Crippen molar-refractivity contribution in [2.45, 2.75) is 102 Å². The van der Waals surface area contributed by atoms with Crippen LogP contribution in [0, 0.1) is 50.6 Å². The summed E-state index contributed by atoms with van der Waals surface area (Å²) in [6.07, 6.45) is 7.92. The minimum Gasteiger partial charge on any atom is -0.444 e. The fraction of sp³-hybridized carbons (Fsp3) is 0.177. The highest BCUT2D eigenvalue weighted by molar-refractivity contribution is 9.09. The van der Waals surface area contributed by atoms with Crippen LogP contribution in [0.2, 0.25) is 10.0 Å². The van der Waals surface area contributed by atoms with Gasteiger partial charge < -0.3 is 55.6 Å². The summed E-state index contributed by atoms with van der Waals surface area (Å²) in [7, 11) is 0. The number of oxazole rings is 4. The second-order valence-corrected chi connectivity index (χ2v) is 37.2.